The second-order valence-electron chi connectivity index (χ2n) is 3.10. The van der Waals surface area contributed by atoms with E-state index in [0.717, 1.165) is 10.8 Å². The van der Waals surface area contributed by atoms with E-state index in [0.29, 0.717) is 5.82 Å². The van der Waals surface area contributed by atoms with Gasteiger partial charge in [0.05, 0.1) is 6.20 Å². The lowest BCUT2D eigenvalue weighted by molar-refractivity contribution is 0.824. The molecule has 3 rings (SSSR count). The first-order valence-electron chi connectivity index (χ1n) is 4.50. The van der Waals surface area contributed by atoms with Crippen molar-refractivity contribution >= 4 is 10.8 Å². The standard InChI is InChI=1S/C10H7N5/c1-2-4-9-8(3-1)5-12-14-10(9)15-7-11-6-13-15/h1-7H. The van der Waals surface area contributed by atoms with E-state index in [1.54, 1.807) is 17.2 Å². The third-order valence-corrected chi connectivity index (χ3v) is 2.19. The molecule has 0 aliphatic carbocycles. The highest BCUT2D eigenvalue weighted by Gasteiger charge is 2.04. The summed E-state index contributed by atoms with van der Waals surface area (Å²) >= 11 is 0. The van der Waals surface area contributed by atoms with Crippen molar-refractivity contribution in [1.82, 2.24) is 25.0 Å². The largest absolute Gasteiger partial charge is 0.223 e. The van der Waals surface area contributed by atoms with Crippen molar-refractivity contribution < 1.29 is 0 Å². The average Bonchev–Trinajstić information content (AvgIpc) is 2.82. The monoisotopic (exact) mass is 197 g/mol. The number of hydrogen-bond acceptors (Lipinski definition) is 4. The molecule has 3 aromatic rings. The lowest BCUT2D eigenvalue weighted by Gasteiger charge is -2.02. The van der Waals surface area contributed by atoms with Crippen LogP contribution in [0.15, 0.2) is 43.1 Å². The Morgan fingerprint density at radius 3 is 2.93 bits per heavy atom. The van der Waals surface area contributed by atoms with Gasteiger partial charge in [0, 0.05) is 10.8 Å². The maximum Gasteiger partial charge on any atom is 0.185 e. The van der Waals surface area contributed by atoms with Crippen molar-refractivity contribution in [3.8, 4) is 5.82 Å². The molecule has 15 heavy (non-hydrogen) atoms. The summed E-state index contributed by atoms with van der Waals surface area (Å²) in [5, 5.41) is 14.1. The van der Waals surface area contributed by atoms with Crippen LogP contribution >= 0.6 is 0 Å². The van der Waals surface area contributed by atoms with Crippen LogP contribution in [0, 0.1) is 0 Å². The highest BCUT2D eigenvalue weighted by molar-refractivity contribution is 5.87. The van der Waals surface area contributed by atoms with E-state index in [-0.39, 0.29) is 0 Å². The summed E-state index contributed by atoms with van der Waals surface area (Å²) in [5.74, 6) is 0.700. The summed E-state index contributed by atoms with van der Waals surface area (Å²) < 4.78 is 1.61. The maximum atomic E-state index is 4.06. The molecule has 2 aromatic heterocycles. The molecular weight excluding hydrogens is 190 g/mol. The Labute approximate surface area is 85.4 Å². The second kappa shape index (κ2) is 3.13. The molecule has 0 saturated heterocycles. The number of aromatic nitrogens is 5. The predicted octanol–water partition coefficient (Wildman–Crippen LogP) is 1.21. The highest BCUT2D eigenvalue weighted by Crippen LogP contribution is 2.17. The summed E-state index contributed by atoms with van der Waals surface area (Å²) in [7, 11) is 0. The molecule has 0 N–H and O–H groups in total. The Hall–Kier alpha value is -2.30. The zero-order valence-electron chi connectivity index (χ0n) is 7.78. The minimum Gasteiger partial charge on any atom is -0.223 e. The van der Waals surface area contributed by atoms with Crippen LogP contribution in [0.3, 0.4) is 0 Å². The third kappa shape index (κ3) is 1.25. The Balaban J connectivity index is 2.36. The van der Waals surface area contributed by atoms with Gasteiger partial charge < -0.3 is 0 Å². The van der Waals surface area contributed by atoms with Crippen molar-refractivity contribution in [2.45, 2.75) is 0 Å². The first-order chi connectivity index (χ1) is 7.45. The fraction of sp³-hybridized carbons (Fsp3) is 0. The van der Waals surface area contributed by atoms with Crippen molar-refractivity contribution in [3.63, 3.8) is 0 Å². The molecule has 0 radical (unpaired) electrons. The van der Waals surface area contributed by atoms with Gasteiger partial charge in [-0.1, -0.05) is 24.3 Å². The van der Waals surface area contributed by atoms with Crippen LogP contribution in [-0.4, -0.2) is 25.0 Å². The van der Waals surface area contributed by atoms with Gasteiger partial charge in [-0.2, -0.15) is 10.2 Å². The summed E-state index contributed by atoms with van der Waals surface area (Å²) in [6.07, 6.45) is 4.82. The normalized spacial score (nSPS) is 10.7. The first kappa shape index (κ1) is 8.05. The molecular formula is C10H7N5. The summed E-state index contributed by atoms with van der Waals surface area (Å²) in [6, 6.07) is 7.91. The number of benzene rings is 1. The zero-order valence-corrected chi connectivity index (χ0v) is 7.78. The van der Waals surface area contributed by atoms with Gasteiger partial charge >= 0.3 is 0 Å². The summed E-state index contributed by atoms with van der Waals surface area (Å²) in [5.41, 5.74) is 0. The van der Waals surface area contributed by atoms with Crippen molar-refractivity contribution in [2.24, 2.45) is 0 Å². The fourth-order valence-electron chi connectivity index (χ4n) is 1.50. The number of fused-ring (bicyclic) bond motifs is 1. The Kier molecular flexibility index (Phi) is 1.68. The topological polar surface area (TPSA) is 56.5 Å². The SMILES string of the molecule is c1ccc2c(-n3cncn3)nncc2c1. The Bertz CT molecular complexity index is 582. The fourth-order valence-corrected chi connectivity index (χ4v) is 1.50. The average molecular weight is 197 g/mol. The molecule has 0 saturated carbocycles. The molecule has 72 valence electrons. The van der Waals surface area contributed by atoms with Crippen LogP contribution in [0.25, 0.3) is 16.6 Å². The molecule has 0 bridgehead atoms. The molecule has 5 heteroatoms. The molecule has 1 aromatic carbocycles. The smallest absolute Gasteiger partial charge is 0.185 e. The van der Waals surface area contributed by atoms with Crippen LogP contribution in [0.5, 0.6) is 0 Å². The predicted molar refractivity (Wildman–Crippen MR) is 54.5 cm³/mol. The van der Waals surface area contributed by atoms with Crippen LogP contribution in [0.4, 0.5) is 0 Å². The van der Waals surface area contributed by atoms with E-state index in [4.69, 9.17) is 0 Å². The van der Waals surface area contributed by atoms with E-state index < -0.39 is 0 Å². The van der Waals surface area contributed by atoms with Gasteiger partial charge in [0.2, 0.25) is 0 Å². The molecule has 0 fully saturated rings. The molecule has 0 amide bonds. The van der Waals surface area contributed by atoms with Crippen LogP contribution < -0.4 is 0 Å². The molecule has 0 unspecified atom stereocenters. The van der Waals surface area contributed by atoms with Gasteiger partial charge in [-0.15, -0.1) is 5.10 Å². The molecule has 0 atom stereocenters. The van der Waals surface area contributed by atoms with Crippen LogP contribution in [0.1, 0.15) is 0 Å². The third-order valence-electron chi connectivity index (χ3n) is 2.19. The molecule has 2 heterocycles. The molecule has 0 spiro atoms. The van der Waals surface area contributed by atoms with Gasteiger partial charge in [0.15, 0.2) is 5.82 Å². The highest BCUT2D eigenvalue weighted by atomic mass is 15.4. The molecule has 0 aliphatic heterocycles. The quantitative estimate of drug-likeness (QED) is 0.588. The van der Waals surface area contributed by atoms with Gasteiger partial charge in [-0.05, 0) is 0 Å². The van der Waals surface area contributed by atoms with Gasteiger partial charge in [0.1, 0.15) is 12.7 Å². The number of hydrogen-bond donors (Lipinski definition) is 0. The molecule has 5 nitrogen and oxygen atoms in total. The minimum atomic E-state index is 0.700. The lowest BCUT2D eigenvalue weighted by Crippen LogP contribution is -2.00. The van der Waals surface area contributed by atoms with E-state index in [2.05, 4.69) is 20.3 Å². The van der Waals surface area contributed by atoms with Crippen molar-refractivity contribution in [3.05, 3.63) is 43.1 Å². The van der Waals surface area contributed by atoms with E-state index >= 15 is 0 Å². The number of nitrogens with zero attached hydrogens (tertiary/aromatic N) is 5. The van der Waals surface area contributed by atoms with Gasteiger partial charge in [-0.25, -0.2) is 9.67 Å². The van der Waals surface area contributed by atoms with Crippen LogP contribution in [-0.2, 0) is 0 Å². The van der Waals surface area contributed by atoms with Crippen LogP contribution in [0.2, 0.25) is 0 Å². The Morgan fingerprint density at radius 2 is 2.07 bits per heavy atom. The minimum absolute atomic E-state index is 0.700. The van der Waals surface area contributed by atoms with E-state index in [1.165, 1.54) is 6.33 Å². The number of rotatable bonds is 1. The maximum absolute atomic E-state index is 4.06. The van der Waals surface area contributed by atoms with E-state index in [9.17, 15) is 0 Å². The summed E-state index contributed by atoms with van der Waals surface area (Å²) in [6.45, 7) is 0. The lowest BCUT2D eigenvalue weighted by atomic mass is 10.2. The van der Waals surface area contributed by atoms with Crippen molar-refractivity contribution in [2.75, 3.05) is 0 Å². The van der Waals surface area contributed by atoms with Gasteiger partial charge in [0.25, 0.3) is 0 Å². The second-order valence-corrected chi connectivity index (χ2v) is 3.10. The summed E-state index contributed by atoms with van der Waals surface area (Å²) in [4.78, 5) is 3.89. The van der Waals surface area contributed by atoms with Crippen molar-refractivity contribution in [1.29, 1.82) is 0 Å². The molecule has 0 aliphatic rings. The Morgan fingerprint density at radius 1 is 1.13 bits per heavy atom. The zero-order chi connectivity index (χ0) is 10.1. The van der Waals surface area contributed by atoms with E-state index in [1.807, 2.05) is 24.3 Å². The van der Waals surface area contributed by atoms with Gasteiger partial charge in [-0.3, -0.25) is 0 Å². The first-order valence-corrected chi connectivity index (χ1v) is 4.50.